The Kier molecular flexibility index (Phi) is 7.40. The van der Waals surface area contributed by atoms with Crippen LogP contribution in [0, 0.1) is 0 Å². The van der Waals surface area contributed by atoms with E-state index < -0.39 is 23.9 Å². The molecule has 0 unspecified atom stereocenters. The first kappa shape index (κ1) is 22.8. The number of aromatic nitrogens is 1. The van der Waals surface area contributed by atoms with Gasteiger partial charge in [-0.25, -0.2) is 5.48 Å². The number of hydrogen-bond donors (Lipinski definition) is 3. The highest BCUT2D eigenvalue weighted by molar-refractivity contribution is 5.97. The van der Waals surface area contributed by atoms with Crippen LogP contribution in [0.3, 0.4) is 0 Å². The third kappa shape index (κ3) is 5.22. The van der Waals surface area contributed by atoms with Gasteiger partial charge in [-0.2, -0.15) is 0 Å². The van der Waals surface area contributed by atoms with Gasteiger partial charge in [-0.1, -0.05) is 6.07 Å². The fraction of sp³-hybridized carbons (Fsp3) is 0.273. The van der Waals surface area contributed by atoms with Crippen molar-refractivity contribution in [3.63, 3.8) is 0 Å². The van der Waals surface area contributed by atoms with Crippen molar-refractivity contribution in [3.8, 4) is 11.5 Å². The minimum Gasteiger partial charge on any atom is -0.493 e. The van der Waals surface area contributed by atoms with Crippen LogP contribution < -0.4 is 20.3 Å². The zero-order chi connectivity index (χ0) is 23.1. The molecule has 1 fully saturated rings. The molecule has 3 amide bonds. The molecule has 168 valence electrons. The normalized spacial score (nSPS) is 17.8. The van der Waals surface area contributed by atoms with Gasteiger partial charge >= 0.3 is 0 Å². The lowest BCUT2D eigenvalue weighted by Crippen LogP contribution is -2.44. The molecular weight excluding hydrogens is 416 g/mol. The summed E-state index contributed by atoms with van der Waals surface area (Å²) < 4.78 is 10.4. The zero-order valence-electron chi connectivity index (χ0n) is 17.6. The number of nitrogens with zero attached hydrogens (tertiary/aromatic N) is 2. The van der Waals surface area contributed by atoms with E-state index >= 15 is 0 Å². The SMILES string of the molecule is COc1ccc(C=CC(=O)N2C[C@@H](NC(=O)c3cccnc3)C[C@H]2C(=O)NO)cc1OC. The van der Waals surface area contributed by atoms with E-state index in [2.05, 4.69) is 10.3 Å². The molecule has 10 heteroatoms. The lowest BCUT2D eigenvalue weighted by atomic mass is 10.1. The number of likely N-dealkylation sites (tertiary alicyclic amines) is 1. The standard InChI is InChI=1S/C22H24N4O6/c1-31-18-7-5-14(10-19(18)32-2)6-8-20(27)26-13-16(11-17(26)22(29)25-30)24-21(28)15-4-3-9-23-12-15/h3-10,12,16-17,30H,11,13H2,1-2H3,(H,24,28)(H,25,29)/t16-,17-/m0/s1. The van der Waals surface area contributed by atoms with Crippen LogP contribution in [0.15, 0.2) is 48.8 Å². The largest absolute Gasteiger partial charge is 0.493 e. The third-order valence-corrected chi connectivity index (χ3v) is 5.08. The van der Waals surface area contributed by atoms with Gasteiger partial charge in [-0.15, -0.1) is 0 Å². The van der Waals surface area contributed by atoms with Gasteiger partial charge in [0.05, 0.1) is 19.8 Å². The zero-order valence-corrected chi connectivity index (χ0v) is 17.6. The van der Waals surface area contributed by atoms with E-state index in [4.69, 9.17) is 14.7 Å². The lowest BCUT2D eigenvalue weighted by Gasteiger charge is -2.21. The maximum absolute atomic E-state index is 12.8. The second kappa shape index (κ2) is 10.4. The van der Waals surface area contributed by atoms with Gasteiger partial charge in [0.25, 0.3) is 11.8 Å². The van der Waals surface area contributed by atoms with Crippen molar-refractivity contribution < 1.29 is 29.1 Å². The van der Waals surface area contributed by atoms with Gasteiger partial charge in [0, 0.05) is 31.1 Å². The molecule has 1 aromatic carbocycles. The summed E-state index contributed by atoms with van der Waals surface area (Å²) in [7, 11) is 3.04. The number of benzene rings is 1. The van der Waals surface area contributed by atoms with E-state index in [9.17, 15) is 14.4 Å². The van der Waals surface area contributed by atoms with Crippen molar-refractivity contribution in [1.29, 1.82) is 0 Å². The quantitative estimate of drug-likeness (QED) is 0.333. The van der Waals surface area contributed by atoms with Crippen LogP contribution in [0.4, 0.5) is 0 Å². The number of nitrogens with one attached hydrogen (secondary N) is 2. The molecule has 2 atom stereocenters. The number of ether oxygens (including phenoxy) is 2. The maximum Gasteiger partial charge on any atom is 0.266 e. The molecule has 1 aliphatic heterocycles. The summed E-state index contributed by atoms with van der Waals surface area (Å²) in [5.74, 6) is -0.453. The van der Waals surface area contributed by atoms with Crippen LogP contribution in [-0.2, 0) is 9.59 Å². The van der Waals surface area contributed by atoms with E-state index in [-0.39, 0.29) is 18.9 Å². The van der Waals surface area contributed by atoms with E-state index in [0.717, 1.165) is 0 Å². The molecule has 0 aliphatic carbocycles. The first-order valence-corrected chi connectivity index (χ1v) is 9.82. The van der Waals surface area contributed by atoms with Crippen molar-refractivity contribution >= 4 is 23.8 Å². The highest BCUT2D eigenvalue weighted by Crippen LogP contribution is 2.28. The minimum atomic E-state index is -0.929. The number of hydrogen-bond acceptors (Lipinski definition) is 7. The van der Waals surface area contributed by atoms with E-state index in [1.165, 1.54) is 31.4 Å². The maximum atomic E-state index is 12.8. The number of rotatable bonds is 7. The third-order valence-electron chi connectivity index (χ3n) is 5.08. The average Bonchev–Trinajstić information content (AvgIpc) is 3.26. The highest BCUT2D eigenvalue weighted by Gasteiger charge is 2.39. The molecule has 1 aromatic heterocycles. The Labute approximate surface area is 184 Å². The molecule has 2 heterocycles. The summed E-state index contributed by atoms with van der Waals surface area (Å²) in [6.45, 7) is 0.110. The molecule has 0 saturated carbocycles. The van der Waals surface area contributed by atoms with Gasteiger partial charge in [0.1, 0.15) is 6.04 Å². The van der Waals surface area contributed by atoms with E-state index in [1.807, 2.05) is 0 Å². The number of amides is 3. The summed E-state index contributed by atoms with van der Waals surface area (Å²) in [5, 5.41) is 11.9. The molecule has 1 saturated heterocycles. The molecule has 3 N–H and O–H groups in total. The van der Waals surface area contributed by atoms with Gasteiger partial charge < -0.3 is 19.7 Å². The number of methoxy groups -OCH3 is 2. The van der Waals surface area contributed by atoms with Gasteiger partial charge in [-0.3, -0.25) is 24.6 Å². The van der Waals surface area contributed by atoms with Gasteiger partial charge in [0.2, 0.25) is 5.91 Å². The predicted octanol–water partition coefficient (Wildman–Crippen LogP) is 1.02. The first-order valence-electron chi connectivity index (χ1n) is 9.82. The van der Waals surface area contributed by atoms with Crippen molar-refractivity contribution in [2.24, 2.45) is 0 Å². The van der Waals surface area contributed by atoms with Gasteiger partial charge in [0.15, 0.2) is 11.5 Å². The Morgan fingerprint density at radius 1 is 1.19 bits per heavy atom. The van der Waals surface area contributed by atoms with Crippen LogP contribution in [0.5, 0.6) is 11.5 Å². The van der Waals surface area contributed by atoms with E-state index in [0.29, 0.717) is 22.6 Å². The first-order chi connectivity index (χ1) is 15.5. The summed E-state index contributed by atoms with van der Waals surface area (Å²) in [5.41, 5.74) is 2.65. The van der Waals surface area contributed by atoms with Crippen LogP contribution >= 0.6 is 0 Å². The smallest absolute Gasteiger partial charge is 0.266 e. The highest BCUT2D eigenvalue weighted by atomic mass is 16.5. The summed E-state index contributed by atoms with van der Waals surface area (Å²) in [6.07, 6.45) is 6.05. The predicted molar refractivity (Wildman–Crippen MR) is 114 cm³/mol. The Morgan fingerprint density at radius 2 is 1.97 bits per heavy atom. The fourth-order valence-electron chi connectivity index (χ4n) is 3.49. The Bertz CT molecular complexity index is 1010. The Balaban J connectivity index is 1.72. The molecule has 2 aromatic rings. The second-order valence-corrected chi connectivity index (χ2v) is 7.08. The number of carbonyl (C=O) groups is 3. The summed E-state index contributed by atoms with van der Waals surface area (Å²) >= 11 is 0. The van der Waals surface area contributed by atoms with Crippen LogP contribution in [0.1, 0.15) is 22.3 Å². The van der Waals surface area contributed by atoms with Gasteiger partial charge in [-0.05, 0) is 42.3 Å². The summed E-state index contributed by atoms with van der Waals surface area (Å²) in [6, 6.07) is 7.03. The Hall–Kier alpha value is -3.92. The van der Waals surface area contributed by atoms with E-state index in [1.54, 1.807) is 48.1 Å². The minimum absolute atomic E-state index is 0.110. The molecular formula is C22H24N4O6. The number of pyridine rings is 1. The molecule has 0 bridgehead atoms. The number of hydroxylamine groups is 1. The van der Waals surface area contributed by atoms with Crippen LogP contribution in [0.2, 0.25) is 0 Å². The van der Waals surface area contributed by atoms with Crippen molar-refractivity contribution in [1.82, 2.24) is 20.7 Å². The molecule has 10 nitrogen and oxygen atoms in total. The Morgan fingerprint density at radius 3 is 2.62 bits per heavy atom. The monoisotopic (exact) mass is 440 g/mol. The van der Waals surface area contributed by atoms with Crippen molar-refractivity contribution in [2.75, 3.05) is 20.8 Å². The average molecular weight is 440 g/mol. The number of carbonyl (C=O) groups excluding carboxylic acids is 3. The molecule has 0 radical (unpaired) electrons. The second-order valence-electron chi connectivity index (χ2n) is 7.08. The molecule has 32 heavy (non-hydrogen) atoms. The molecule has 0 spiro atoms. The van der Waals surface area contributed by atoms with Crippen molar-refractivity contribution in [2.45, 2.75) is 18.5 Å². The molecule has 3 rings (SSSR count). The van der Waals surface area contributed by atoms with Crippen LogP contribution in [-0.4, -0.2) is 65.7 Å². The fourth-order valence-corrected chi connectivity index (χ4v) is 3.49. The molecule has 1 aliphatic rings. The summed E-state index contributed by atoms with van der Waals surface area (Å²) in [4.78, 5) is 42.6. The lowest BCUT2D eigenvalue weighted by molar-refractivity contribution is -0.140. The van der Waals surface area contributed by atoms with Crippen LogP contribution in [0.25, 0.3) is 6.08 Å². The topological polar surface area (TPSA) is 130 Å². The van der Waals surface area contributed by atoms with Crippen molar-refractivity contribution in [3.05, 3.63) is 59.9 Å².